The van der Waals surface area contributed by atoms with E-state index >= 15 is 0 Å². The van der Waals surface area contributed by atoms with Crippen molar-refractivity contribution in [1.29, 1.82) is 0 Å². The molecule has 0 bridgehead atoms. The highest BCUT2D eigenvalue weighted by atomic mass is 32.2. The van der Waals surface area contributed by atoms with E-state index in [4.69, 9.17) is 4.74 Å². The third kappa shape index (κ3) is 2.63. The van der Waals surface area contributed by atoms with Crippen molar-refractivity contribution < 1.29 is 9.53 Å². The molecule has 5 nitrogen and oxygen atoms in total. The molecule has 1 aromatic carbocycles. The van der Waals surface area contributed by atoms with E-state index in [0.717, 1.165) is 30.8 Å². The number of ether oxygens (including phenoxy) is 1. The molecule has 2 fully saturated rings. The van der Waals surface area contributed by atoms with Gasteiger partial charge in [-0.25, -0.2) is 9.67 Å². The van der Waals surface area contributed by atoms with Crippen LogP contribution in [0, 0.1) is 0 Å². The summed E-state index contributed by atoms with van der Waals surface area (Å²) in [5.41, 5.74) is 1.02. The fraction of sp³-hybridized carbons (Fsp3) is 0.438. The van der Waals surface area contributed by atoms with E-state index < -0.39 is 0 Å². The number of nitrogens with zero attached hydrogens (tertiary/aromatic N) is 3. The molecule has 22 heavy (non-hydrogen) atoms. The lowest BCUT2D eigenvalue weighted by Gasteiger charge is -2.03. The number of thioether (sulfide) groups is 1. The average molecular weight is 315 g/mol. The molecule has 0 radical (unpaired) electrons. The van der Waals surface area contributed by atoms with Crippen LogP contribution in [-0.4, -0.2) is 32.1 Å². The first-order valence-electron chi connectivity index (χ1n) is 7.60. The standard InChI is InChI=1S/C16H17N3O2S/c1-10-9-13(15(20)21-10)22-16-17-14(11-7-8-11)19(18-16)12-5-3-2-4-6-12/h2-6,10-11,13H,7-9H2,1H3/t10-,13+/m0/s1. The quantitative estimate of drug-likeness (QED) is 0.812. The van der Waals surface area contributed by atoms with Gasteiger partial charge in [-0.1, -0.05) is 30.0 Å². The van der Waals surface area contributed by atoms with Gasteiger partial charge in [-0.05, 0) is 31.9 Å². The molecule has 2 aliphatic rings. The van der Waals surface area contributed by atoms with Crippen LogP contribution in [-0.2, 0) is 9.53 Å². The van der Waals surface area contributed by atoms with Crippen LogP contribution in [0.4, 0.5) is 0 Å². The van der Waals surface area contributed by atoms with E-state index in [9.17, 15) is 4.79 Å². The summed E-state index contributed by atoms with van der Waals surface area (Å²) in [4.78, 5) is 16.5. The third-order valence-electron chi connectivity index (χ3n) is 3.93. The van der Waals surface area contributed by atoms with Crippen molar-refractivity contribution in [3.8, 4) is 5.69 Å². The average Bonchev–Trinajstić information content (AvgIpc) is 3.20. The first-order chi connectivity index (χ1) is 10.7. The first kappa shape index (κ1) is 13.8. The van der Waals surface area contributed by atoms with Crippen LogP contribution in [0.3, 0.4) is 0 Å². The van der Waals surface area contributed by atoms with E-state index in [0.29, 0.717) is 11.1 Å². The second-order valence-electron chi connectivity index (χ2n) is 5.86. The van der Waals surface area contributed by atoms with Gasteiger partial charge in [0.2, 0.25) is 5.16 Å². The van der Waals surface area contributed by atoms with Gasteiger partial charge in [-0.15, -0.1) is 5.10 Å². The van der Waals surface area contributed by atoms with Crippen molar-refractivity contribution in [3.05, 3.63) is 36.2 Å². The van der Waals surface area contributed by atoms with Crippen molar-refractivity contribution in [1.82, 2.24) is 14.8 Å². The topological polar surface area (TPSA) is 57.0 Å². The number of hydrogen-bond donors (Lipinski definition) is 0. The molecule has 1 aliphatic heterocycles. The summed E-state index contributed by atoms with van der Waals surface area (Å²) in [6.07, 6.45) is 3.04. The smallest absolute Gasteiger partial charge is 0.319 e. The zero-order chi connectivity index (χ0) is 15.1. The number of cyclic esters (lactones) is 1. The Morgan fingerprint density at radius 3 is 2.68 bits per heavy atom. The predicted molar refractivity (Wildman–Crippen MR) is 83.2 cm³/mol. The Morgan fingerprint density at radius 1 is 1.27 bits per heavy atom. The predicted octanol–water partition coefficient (Wildman–Crippen LogP) is 2.94. The Hall–Kier alpha value is -1.82. The Morgan fingerprint density at radius 2 is 2.05 bits per heavy atom. The Kier molecular flexibility index (Phi) is 3.41. The summed E-state index contributed by atoms with van der Waals surface area (Å²) in [6.45, 7) is 1.92. The lowest BCUT2D eigenvalue weighted by molar-refractivity contribution is -0.140. The van der Waals surface area contributed by atoms with Gasteiger partial charge >= 0.3 is 5.97 Å². The van der Waals surface area contributed by atoms with Gasteiger partial charge in [-0.3, -0.25) is 4.79 Å². The minimum absolute atomic E-state index is 0.0101. The number of para-hydroxylation sites is 1. The lowest BCUT2D eigenvalue weighted by Crippen LogP contribution is -2.09. The third-order valence-corrected chi connectivity index (χ3v) is 4.98. The summed E-state index contributed by atoms with van der Waals surface area (Å²) in [5, 5.41) is 5.11. The number of rotatable bonds is 4. The van der Waals surface area contributed by atoms with Gasteiger partial charge in [0.05, 0.1) is 5.69 Å². The summed E-state index contributed by atoms with van der Waals surface area (Å²) in [7, 11) is 0. The van der Waals surface area contributed by atoms with Crippen LogP contribution >= 0.6 is 11.8 Å². The molecule has 2 aromatic rings. The maximum Gasteiger partial charge on any atom is 0.319 e. The number of esters is 1. The molecule has 2 atom stereocenters. The SMILES string of the molecule is C[C@H]1C[C@@H](Sc2nc(C3CC3)n(-c3ccccc3)n2)C(=O)O1. The molecule has 114 valence electrons. The Labute approximate surface area is 133 Å². The largest absolute Gasteiger partial charge is 0.462 e. The van der Waals surface area contributed by atoms with Gasteiger partial charge in [0.1, 0.15) is 17.2 Å². The van der Waals surface area contributed by atoms with Crippen molar-refractivity contribution >= 4 is 17.7 Å². The van der Waals surface area contributed by atoms with Crippen LogP contribution < -0.4 is 0 Å². The number of benzene rings is 1. The fourth-order valence-electron chi connectivity index (χ4n) is 2.66. The van der Waals surface area contributed by atoms with Crippen molar-refractivity contribution in [2.45, 2.75) is 48.6 Å². The molecule has 0 N–H and O–H groups in total. The maximum absolute atomic E-state index is 11.8. The lowest BCUT2D eigenvalue weighted by atomic mass is 10.3. The van der Waals surface area contributed by atoms with Crippen molar-refractivity contribution in [3.63, 3.8) is 0 Å². The fourth-order valence-corrected chi connectivity index (χ4v) is 3.71. The summed E-state index contributed by atoms with van der Waals surface area (Å²) >= 11 is 1.42. The molecule has 1 aliphatic carbocycles. The highest BCUT2D eigenvalue weighted by Crippen LogP contribution is 2.41. The minimum atomic E-state index is -0.186. The van der Waals surface area contributed by atoms with Crippen molar-refractivity contribution in [2.24, 2.45) is 0 Å². The summed E-state index contributed by atoms with van der Waals surface area (Å²) in [5.74, 6) is 1.35. The van der Waals surface area contributed by atoms with E-state index in [1.54, 1.807) is 0 Å². The van der Waals surface area contributed by atoms with Crippen molar-refractivity contribution in [2.75, 3.05) is 0 Å². The highest BCUT2D eigenvalue weighted by molar-refractivity contribution is 8.00. The van der Waals surface area contributed by atoms with Crippen LogP contribution in [0.25, 0.3) is 5.69 Å². The van der Waals surface area contributed by atoms with Gasteiger partial charge < -0.3 is 4.74 Å². The molecule has 1 saturated heterocycles. The number of carbonyl (C=O) groups excluding carboxylic acids is 1. The number of aromatic nitrogens is 3. The monoisotopic (exact) mass is 315 g/mol. The zero-order valence-electron chi connectivity index (χ0n) is 12.3. The molecule has 1 aromatic heterocycles. The second kappa shape index (κ2) is 5.43. The second-order valence-corrected chi connectivity index (χ2v) is 7.03. The van der Waals surface area contributed by atoms with Crippen LogP contribution in [0.2, 0.25) is 0 Å². The molecular formula is C16H17N3O2S. The minimum Gasteiger partial charge on any atom is -0.462 e. The highest BCUT2D eigenvalue weighted by Gasteiger charge is 2.35. The van der Waals surface area contributed by atoms with E-state index in [-0.39, 0.29) is 17.3 Å². The van der Waals surface area contributed by atoms with Gasteiger partial charge in [-0.2, -0.15) is 0 Å². The Bertz CT molecular complexity index is 697. The number of carbonyl (C=O) groups is 1. The van der Waals surface area contributed by atoms with Crippen LogP contribution in [0.15, 0.2) is 35.5 Å². The normalized spacial score (nSPS) is 24.5. The van der Waals surface area contributed by atoms with E-state index in [1.165, 1.54) is 11.8 Å². The summed E-state index contributed by atoms with van der Waals surface area (Å²) in [6, 6.07) is 10.0. The maximum atomic E-state index is 11.8. The molecule has 0 unspecified atom stereocenters. The molecular weight excluding hydrogens is 298 g/mol. The molecule has 0 spiro atoms. The molecule has 6 heteroatoms. The molecule has 1 saturated carbocycles. The van der Waals surface area contributed by atoms with Crippen LogP contribution in [0.1, 0.15) is 37.9 Å². The molecule has 0 amide bonds. The van der Waals surface area contributed by atoms with Gasteiger partial charge in [0, 0.05) is 12.3 Å². The van der Waals surface area contributed by atoms with Crippen LogP contribution in [0.5, 0.6) is 0 Å². The van der Waals surface area contributed by atoms with E-state index in [1.807, 2.05) is 41.9 Å². The van der Waals surface area contributed by atoms with Gasteiger partial charge in [0.15, 0.2) is 0 Å². The summed E-state index contributed by atoms with van der Waals surface area (Å²) < 4.78 is 7.13. The zero-order valence-corrected chi connectivity index (χ0v) is 13.1. The molecule has 2 heterocycles. The van der Waals surface area contributed by atoms with Gasteiger partial charge in [0.25, 0.3) is 0 Å². The molecule has 4 rings (SSSR count). The first-order valence-corrected chi connectivity index (χ1v) is 8.48. The number of hydrogen-bond acceptors (Lipinski definition) is 5. The van der Waals surface area contributed by atoms with E-state index in [2.05, 4.69) is 10.1 Å². The Balaban J connectivity index is 1.63.